The number of allylic oxidation sites excluding steroid dienone is 3. The van der Waals surface area contributed by atoms with Crippen LogP contribution in [0.5, 0.6) is 0 Å². The van der Waals surface area contributed by atoms with Gasteiger partial charge in [0, 0.05) is 35.6 Å². The molecule has 1 unspecified atom stereocenters. The molecule has 1 aromatic carbocycles. The van der Waals surface area contributed by atoms with Gasteiger partial charge in [-0.1, -0.05) is 30.3 Å². The number of nitrogens with two attached hydrogens (primary N) is 1. The van der Waals surface area contributed by atoms with E-state index in [2.05, 4.69) is 16.5 Å². The number of nitrogens with zero attached hydrogens (tertiary/aromatic N) is 3. The van der Waals surface area contributed by atoms with Crippen molar-refractivity contribution in [1.82, 2.24) is 15.4 Å². The Morgan fingerprint density at radius 3 is 2.59 bits per heavy atom. The summed E-state index contributed by atoms with van der Waals surface area (Å²) >= 11 is 0. The number of hydrogen-bond acceptors (Lipinski definition) is 6. The van der Waals surface area contributed by atoms with Gasteiger partial charge in [-0.3, -0.25) is 20.0 Å². The zero-order chi connectivity index (χ0) is 20.4. The molecule has 7 nitrogen and oxygen atoms in total. The molecule has 0 spiro atoms. The first-order chi connectivity index (χ1) is 14.1. The topological polar surface area (TPSA) is 112 Å². The predicted octanol–water partition coefficient (Wildman–Crippen LogP) is 2.53. The summed E-state index contributed by atoms with van der Waals surface area (Å²) in [6, 6.07) is 14.7. The summed E-state index contributed by atoms with van der Waals surface area (Å²) in [5.41, 5.74) is 11.8. The Kier molecular flexibility index (Phi) is 4.83. The number of hydrogen-bond donors (Lipinski definition) is 2. The van der Waals surface area contributed by atoms with Crippen molar-refractivity contribution in [2.24, 2.45) is 5.73 Å². The minimum absolute atomic E-state index is 0.0245. The standard InChI is InChI=1S/C22H19N5O2/c23-13-16-19(14-5-2-1-3-6-14)20-17(7-4-8-18(20)28)27(21(16)24)26-22(29)15-9-11-25-12-10-15/h1-3,5-6,9-12,19H,4,7-8,24H2,(H,26,29). The number of amides is 1. The molecule has 1 aliphatic carbocycles. The molecule has 0 fully saturated rings. The van der Waals surface area contributed by atoms with Crippen molar-refractivity contribution in [1.29, 1.82) is 5.26 Å². The lowest BCUT2D eigenvalue weighted by Gasteiger charge is -2.39. The van der Waals surface area contributed by atoms with E-state index in [1.807, 2.05) is 30.3 Å². The molecule has 0 bridgehead atoms. The largest absolute Gasteiger partial charge is 0.383 e. The van der Waals surface area contributed by atoms with Crippen LogP contribution in [-0.2, 0) is 4.79 Å². The number of Topliss-reactive ketones (excluding diaryl/α,β-unsaturated/α-hetero) is 1. The molecule has 29 heavy (non-hydrogen) atoms. The second-order valence-electron chi connectivity index (χ2n) is 6.90. The molecule has 4 rings (SSSR count). The number of nitrogens with one attached hydrogen (secondary N) is 1. The van der Waals surface area contributed by atoms with Crippen molar-refractivity contribution in [2.75, 3.05) is 0 Å². The van der Waals surface area contributed by atoms with E-state index in [-0.39, 0.29) is 17.2 Å². The second-order valence-corrected chi connectivity index (χ2v) is 6.90. The fourth-order valence-corrected chi connectivity index (χ4v) is 3.86. The van der Waals surface area contributed by atoms with Crippen LogP contribution in [0.15, 0.2) is 77.5 Å². The average Bonchev–Trinajstić information content (AvgIpc) is 2.76. The van der Waals surface area contributed by atoms with Crippen molar-refractivity contribution < 1.29 is 9.59 Å². The first-order valence-corrected chi connectivity index (χ1v) is 9.34. The molecule has 0 saturated carbocycles. The Hall–Kier alpha value is -3.92. The van der Waals surface area contributed by atoms with Gasteiger partial charge < -0.3 is 5.73 Å². The van der Waals surface area contributed by atoms with E-state index in [0.717, 1.165) is 5.56 Å². The maximum atomic E-state index is 12.9. The van der Waals surface area contributed by atoms with Crippen molar-refractivity contribution in [3.63, 3.8) is 0 Å². The molecule has 2 aromatic rings. The highest BCUT2D eigenvalue weighted by atomic mass is 16.2. The van der Waals surface area contributed by atoms with Gasteiger partial charge in [-0.25, -0.2) is 5.01 Å². The van der Waals surface area contributed by atoms with Crippen LogP contribution in [0, 0.1) is 11.3 Å². The zero-order valence-corrected chi connectivity index (χ0v) is 15.6. The molecule has 0 radical (unpaired) electrons. The van der Waals surface area contributed by atoms with Gasteiger partial charge in [-0.2, -0.15) is 5.26 Å². The predicted molar refractivity (Wildman–Crippen MR) is 105 cm³/mol. The minimum Gasteiger partial charge on any atom is -0.383 e. The number of pyridine rings is 1. The molecule has 7 heteroatoms. The maximum Gasteiger partial charge on any atom is 0.270 e. The van der Waals surface area contributed by atoms with E-state index in [1.165, 1.54) is 17.4 Å². The van der Waals surface area contributed by atoms with Gasteiger partial charge >= 0.3 is 0 Å². The molecule has 1 amide bonds. The van der Waals surface area contributed by atoms with Crippen molar-refractivity contribution >= 4 is 11.7 Å². The van der Waals surface area contributed by atoms with Gasteiger partial charge in [0.25, 0.3) is 5.91 Å². The molecule has 144 valence electrons. The summed E-state index contributed by atoms with van der Waals surface area (Å²) in [4.78, 5) is 29.5. The molecule has 3 N–H and O–H groups in total. The lowest BCUT2D eigenvalue weighted by Crippen LogP contribution is -2.48. The average molecular weight is 385 g/mol. The third-order valence-electron chi connectivity index (χ3n) is 5.20. The SMILES string of the molecule is N#CC1=C(N)N(NC(=O)c2ccncc2)C2=C(C(=O)CCC2)C1c1ccccc1. The first-order valence-electron chi connectivity index (χ1n) is 9.34. The van der Waals surface area contributed by atoms with E-state index >= 15 is 0 Å². The molecule has 2 heterocycles. The number of ketones is 1. The number of benzene rings is 1. The quantitative estimate of drug-likeness (QED) is 0.840. The van der Waals surface area contributed by atoms with E-state index in [1.54, 1.807) is 12.1 Å². The monoisotopic (exact) mass is 385 g/mol. The van der Waals surface area contributed by atoms with E-state index in [4.69, 9.17) is 5.73 Å². The van der Waals surface area contributed by atoms with Gasteiger partial charge in [0.05, 0.1) is 17.6 Å². The molecular weight excluding hydrogens is 366 g/mol. The highest BCUT2D eigenvalue weighted by Crippen LogP contribution is 2.43. The van der Waals surface area contributed by atoms with Gasteiger partial charge in [-0.05, 0) is 30.5 Å². The summed E-state index contributed by atoms with van der Waals surface area (Å²) in [5.74, 6) is -0.811. The van der Waals surface area contributed by atoms with Crippen LogP contribution in [0.25, 0.3) is 0 Å². The molecule has 1 aliphatic heterocycles. The highest BCUT2D eigenvalue weighted by molar-refractivity contribution is 6.00. The van der Waals surface area contributed by atoms with Crippen molar-refractivity contribution in [2.45, 2.75) is 25.2 Å². The zero-order valence-electron chi connectivity index (χ0n) is 15.6. The molecular formula is C22H19N5O2. The summed E-state index contributed by atoms with van der Waals surface area (Å²) in [7, 11) is 0. The fraction of sp³-hybridized carbons (Fsp3) is 0.182. The summed E-state index contributed by atoms with van der Waals surface area (Å²) in [6.07, 6.45) is 4.69. The number of aromatic nitrogens is 1. The van der Waals surface area contributed by atoms with Crippen LogP contribution in [0.4, 0.5) is 0 Å². The Morgan fingerprint density at radius 2 is 1.90 bits per heavy atom. The number of carbonyl (C=O) groups excluding carboxylic acids is 2. The van der Waals surface area contributed by atoms with Crippen LogP contribution in [-0.4, -0.2) is 21.7 Å². The number of carbonyl (C=O) groups is 2. The van der Waals surface area contributed by atoms with Gasteiger partial charge in [0.15, 0.2) is 5.78 Å². The number of rotatable bonds is 3. The van der Waals surface area contributed by atoms with Crippen LogP contribution < -0.4 is 11.2 Å². The molecule has 1 atom stereocenters. The third-order valence-corrected chi connectivity index (χ3v) is 5.20. The summed E-state index contributed by atoms with van der Waals surface area (Å²) < 4.78 is 0. The normalized spacial score (nSPS) is 18.9. The maximum absolute atomic E-state index is 12.9. The van der Waals surface area contributed by atoms with Crippen molar-refractivity contribution in [3.05, 3.63) is 88.6 Å². The molecule has 1 aromatic heterocycles. The number of hydrazine groups is 1. The lowest BCUT2D eigenvalue weighted by molar-refractivity contribution is -0.116. The summed E-state index contributed by atoms with van der Waals surface area (Å²) in [6.45, 7) is 0. The number of nitriles is 1. The van der Waals surface area contributed by atoms with Crippen LogP contribution in [0.2, 0.25) is 0 Å². The Morgan fingerprint density at radius 1 is 1.17 bits per heavy atom. The summed E-state index contributed by atoms with van der Waals surface area (Å²) in [5, 5.41) is 11.3. The van der Waals surface area contributed by atoms with Crippen LogP contribution >= 0.6 is 0 Å². The van der Waals surface area contributed by atoms with Crippen molar-refractivity contribution in [3.8, 4) is 6.07 Å². The Bertz CT molecular complexity index is 1070. The minimum atomic E-state index is -0.530. The van der Waals surface area contributed by atoms with Crippen LogP contribution in [0.1, 0.15) is 41.1 Å². The van der Waals surface area contributed by atoms with E-state index < -0.39 is 11.8 Å². The Labute approximate surface area is 168 Å². The molecule has 0 saturated heterocycles. The van der Waals surface area contributed by atoms with E-state index in [0.29, 0.717) is 36.1 Å². The first kappa shape index (κ1) is 18.4. The Balaban J connectivity index is 1.81. The second kappa shape index (κ2) is 7.60. The lowest BCUT2D eigenvalue weighted by atomic mass is 9.76. The fourth-order valence-electron chi connectivity index (χ4n) is 3.86. The smallest absolute Gasteiger partial charge is 0.270 e. The van der Waals surface area contributed by atoms with E-state index in [9.17, 15) is 14.9 Å². The third kappa shape index (κ3) is 3.25. The highest BCUT2D eigenvalue weighted by Gasteiger charge is 2.40. The van der Waals surface area contributed by atoms with Gasteiger partial charge in [-0.15, -0.1) is 0 Å². The van der Waals surface area contributed by atoms with Gasteiger partial charge in [0.1, 0.15) is 5.82 Å². The van der Waals surface area contributed by atoms with Crippen LogP contribution in [0.3, 0.4) is 0 Å². The molecule has 2 aliphatic rings. The van der Waals surface area contributed by atoms with Gasteiger partial charge in [0.2, 0.25) is 0 Å².